The Morgan fingerprint density at radius 1 is 1.40 bits per heavy atom. The Balaban J connectivity index is 3.10. The SMILES string of the molecule is CSC(C)(C)CNc1nc(C(F)(F)F)ccc1C(N)=O. The molecule has 1 aromatic heterocycles. The van der Waals surface area contributed by atoms with Crippen LogP contribution in [0.3, 0.4) is 0 Å². The Kier molecular flexibility index (Phi) is 4.90. The molecule has 0 spiro atoms. The fraction of sp³-hybridized carbons (Fsp3) is 0.500. The highest BCUT2D eigenvalue weighted by atomic mass is 32.2. The van der Waals surface area contributed by atoms with E-state index >= 15 is 0 Å². The lowest BCUT2D eigenvalue weighted by Crippen LogP contribution is -2.28. The molecule has 1 rings (SSSR count). The summed E-state index contributed by atoms with van der Waals surface area (Å²) in [7, 11) is 0. The van der Waals surface area contributed by atoms with Crippen LogP contribution in [0.1, 0.15) is 29.9 Å². The highest BCUT2D eigenvalue weighted by molar-refractivity contribution is 7.99. The van der Waals surface area contributed by atoms with Gasteiger partial charge >= 0.3 is 6.18 Å². The van der Waals surface area contributed by atoms with Crippen LogP contribution in [0.2, 0.25) is 0 Å². The molecule has 0 unspecified atom stereocenters. The Bertz CT molecular complexity index is 503. The molecule has 0 aliphatic heterocycles. The second-order valence-corrected chi connectivity index (χ2v) is 6.29. The van der Waals surface area contributed by atoms with Gasteiger partial charge in [-0.2, -0.15) is 24.9 Å². The van der Waals surface area contributed by atoms with Gasteiger partial charge in [0.15, 0.2) is 0 Å². The summed E-state index contributed by atoms with van der Waals surface area (Å²) in [6, 6.07) is 1.78. The third-order valence-corrected chi connectivity index (χ3v) is 3.93. The molecule has 1 amide bonds. The van der Waals surface area contributed by atoms with E-state index in [1.54, 1.807) is 11.8 Å². The molecule has 0 saturated carbocycles. The standard InChI is InChI=1S/C12H16F3N3OS/c1-11(2,20-3)6-17-10-7(9(16)19)4-5-8(18-10)12(13,14)15/h4-5H,6H2,1-3H3,(H2,16,19)(H,17,18). The number of nitrogens with zero attached hydrogens (tertiary/aromatic N) is 1. The van der Waals surface area contributed by atoms with Crippen molar-refractivity contribution in [2.75, 3.05) is 18.1 Å². The summed E-state index contributed by atoms with van der Waals surface area (Å²) in [6.07, 6.45) is -2.68. The number of carbonyl (C=O) groups excluding carboxylic acids is 1. The van der Waals surface area contributed by atoms with E-state index in [1.165, 1.54) is 0 Å². The van der Waals surface area contributed by atoms with Crippen LogP contribution in [0.15, 0.2) is 12.1 Å². The topological polar surface area (TPSA) is 68.0 Å². The maximum atomic E-state index is 12.6. The van der Waals surface area contributed by atoms with Crippen molar-refractivity contribution in [2.24, 2.45) is 5.73 Å². The molecule has 112 valence electrons. The summed E-state index contributed by atoms with van der Waals surface area (Å²) in [4.78, 5) is 14.7. The first-order valence-electron chi connectivity index (χ1n) is 5.74. The van der Waals surface area contributed by atoms with Gasteiger partial charge < -0.3 is 11.1 Å². The molecule has 0 radical (unpaired) electrons. The predicted octanol–water partition coefficient (Wildman–Crippen LogP) is 2.75. The first-order chi connectivity index (χ1) is 9.07. The van der Waals surface area contributed by atoms with E-state index in [0.29, 0.717) is 6.54 Å². The number of primary amides is 1. The van der Waals surface area contributed by atoms with Crippen LogP contribution in [-0.2, 0) is 6.18 Å². The van der Waals surface area contributed by atoms with Gasteiger partial charge in [-0.3, -0.25) is 4.79 Å². The molecule has 0 saturated heterocycles. The molecule has 0 aliphatic carbocycles. The van der Waals surface area contributed by atoms with E-state index in [1.807, 2.05) is 20.1 Å². The van der Waals surface area contributed by atoms with Gasteiger partial charge in [0, 0.05) is 11.3 Å². The minimum absolute atomic E-state index is 0.0603. The van der Waals surface area contributed by atoms with Gasteiger partial charge in [0.1, 0.15) is 11.5 Å². The van der Waals surface area contributed by atoms with Gasteiger partial charge in [-0.15, -0.1) is 0 Å². The summed E-state index contributed by atoms with van der Waals surface area (Å²) in [5.74, 6) is -0.967. The molecule has 0 atom stereocenters. The zero-order valence-corrected chi connectivity index (χ0v) is 12.2. The van der Waals surface area contributed by atoms with Gasteiger partial charge in [0.2, 0.25) is 0 Å². The van der Waals surface area contributed by atoms with Crippen LogP contribution in [-0.4, -0.2) is 28.4 Å². The summed E-state index contributed by atoms with van der Waals surface area (Å²) in [6.45, 7) is 4.19. The van der Waals surface area contributed by atoms with Crippen molar-refractivity contribution in [3.8, 4) is 0 Å². The van der Waals surface area contributed by atoms with Crippen LogP contribution in [0.4, 0.5) is 19.0 Å². The Morgan fingerprint density at radius 2 is 2.00 bits per heavy atom. The molecule has 1 aromatic rings. The molecule has 4 nitrogen and oxygen atoms in total. The largest absolute Gasteiger partial charge is 0.433 e. The summed E-state index contributed by atoms with van der Waals surface area (Å²) < 4.78 is 37.7. The van der Waals surface area contributed by atoms with E-state index in [2.05, 4.69) is 10.3 Å². The first-order valence-corrected chi connectivity index (χ1v) is 6.96. The minimum atomic E-state index is -4.57. The second kappa shape index (κ2) is 5.90. The lowest BCUT2D eigenvalue weighted by molar-refractivity contribution is -0.141. The van der Waals surface area contributed by atoms with Crippen LogP contribution in [0, 0.1) is 0 Å². The van der Waals surface area contributed by atoms with Crippen molar-refractivity contribution >= 4 is 23.5 Å². The maximum absolute atomic E-state index is 12.6. The molecule has 0 aliphatic rings. The number of hydrogen-bond donors (Lipinski definition) is 2. The van der Waals surface area contributed by atoms with E-state index < -0.39 is 17.8 Å². The monoisotopic (exact) mass is 307 g/mol. The van der Waals surface area contributed by atoms with Crippen LogP contribution in [0.5, 0.6) is 0 Å². The van der Waals surface area contributed by atoms with Gasteiger partial charge in [-0.1, -0.05) is 0 Å². The van der Waals surface area contributed by atoms with Crippen molar-refractivity contribution in [3.63, 3.8) is 0 Å². The number of carbonyl (C=O) groups is 1. The first kappa shape index (κ1) is 16.6. The van der Waals surface area contributed by atoms with Gasteiger partial charge in [0.25, 0.3) is 5.91 Å². The summed E-state index contributed by atoms with van der Waals surface area (Å²) >= 11 is 1.54. The molecular formula is C12H16F3N3OS. The van der Waals surface area contributed by atoms with Crippen LogP contribution < -0.4 is 11.1 Å². The Hall–Kier alpha value is -1.44. The number of rotatable bonds is 5. The number of halogens is 3. The molecule has 0 bridgehead atoms. The Labute approximate surface area is 119 Å². The highest BCUT2D eigenvalue weighted by Gasteiger charge is 2.33. The number of nitrogens with two attached hydrogens (primary N) is 1. The molecular weight excluding hydrogens is 291 g/mol. The van der Waals surface area contributed by atoms with Crippen molar-refractivity contribution < 1.29 is 18.0 Å². The summed E-state index contributed by atoms with van der Waals surface area (Å²) in [5.41, 5.74) is 4.02. The average Bonchev–Trinajstić information content (AvgIpc) is 2.35. The minimum Gasteiger partial charge on any atom is -0.368 e. The number of amides is 1. The molecule has 0 fully saturated rings. The normalized spacial score (nSPS) is 12.3. The maximum Gasteiger partial charge on any atom is 0.433 e. The number of thioether (sulfide) groups is 1. The molecule has 1 heterocycles. The fourth-order valence-electron chi connectivity index (χ4n) is 1.32. The van der Waals surface area contributed by atoms with E-state index in [0.717, 1.165) is 12.1 Å². The zero-order valence-electron chi connectivity index (χ0n) is 11.3. The number of nitrogens with one attached hydrogen (secondary N) is 1. The van der Waals surface area contributed by atoms with Crippen molar-refractivity contribution in [1.29, 1.82) is 0 Å². The van der Waals surface area contributed by atoms with Crippen LogP contribution >= 0.6 is 11.8 Å². The number of pyridine rings is 1. The van der Waals surface area contributed by atoms with Crippen molar-refractivity contribution in [3.05, 3.63) is 23.4 Å². The average molecular weight is 307 g/mol. The lowest BCUT2D eigenvalue weighted by Gasteiger charge is -2.23. The fourth-order valence-corrected chi connectivity index (χ4v) is 1.54. The zero-order chi connectivity index (χ0) is 15.6. The van der Waals surface area contributed by atoms with Gasteiger partial charge in [0.05, 0.1) is 5.56 Å². The quantitative estimate of drug-likeness (QED) is 0.877. The molecule has 20 heavy (non-hydrogen) atoms. The number of alkyl halides is 3. The lowest BCUT2D eigenvalue weighted by atomic mass is 10.2. The molecule has 0 aromatic carbocycles. The second-order valence-electron chi connectivity index (χ2n) is 4.77. The summed E-state index contributed by atoms with van der Waals surface area (Å²) in [5, 5.41) is 2.77. The molecule has 8 heteroatoms. The van der Waals surface area contributed by atoms with E-state index in [4.69, 9.17) is 5.73 Å². The number of aromatic nitrogens is 1. The van der Waals surface area contributed by atoms with E-state index in [9.17, 15) is 18.0 Å². The highest BCUT2D eigenvalue weighted by Crippen LogP contribution is 2.30. The third-order valence-electron chi connectivity index (χ3n) is 2.69. The van der Waals surface area contributed by atoms with E-state index in [-0.39, 0.29) is 16.1 Å². The van der Waals surface area contributed by atoms with Crippen molar-refractivity contribution in [1.82, 2.24) is 4.98 Å². The third kappa shape index (κ3) is 4.29. The smallest absolute Gasteiger partial charge is 0.368 e. The number of hydrogen-bond acceptors (Lipinski definition) is 4. The number of anilines is 1. The van der Waals surface area contributed by atoms with Crippen LogP contribution in [0.25, 0.3) is 0 Å². The van der Waals surface area contributed by atoms with Crippen molar-refractivity contribution in [2.45, 2.75) is 24.8 Å². The predicted molar refractivity (Wildman–Crippen MR) is 73.8 cm³/mol. The Morgan fingerprint density at radius 3 is 2.45 bits per heavy atom. The van der Waals surface area contributed by atoms with Gasteiger partial charge in [-0.25, -0.2) is 4.98 Å². The molecule has 3 N–H and O–H groups in total. The van der Waals surface area contributed by atoms with Gasteiger partial charge in [-0.05, 0) is 32.2 Å².